The van der Waals surface area contributed by atoms with Crippen molar-refractivity contribution in [2.24, 2.45) is 0 Å². The summed E-state index contributed by atoms with van der Waals surface area (Å²) < 4.78 is 27.3. The standard InChI is InChI=1S/C20H35NO14/c1-5-10(24)16(14(28)18(30)31-5)35-20-15(29)17(11(25)6(2)32-20)34-19-9(21-7(3)23)13(27)12(26)8(4-22)33-19/h5-6,8-20,22,24-30H,4H2,1-3H3,(H,21,23)/t5-,6-,8+,9+,10-,11-,12+,13+,14+,15+,16+,17+,18+,19+,20-/m0/s1. The molecule has 3 aliphatic heterocycles. The van der Waals surface area contributed by atoms with Crippen molar-refractivity contribution in [3.63, 3.8) is 0 Å². The third-order valence-corrected chi connectivity index (χ3v) is 6.42. The molecule has 15 nitrogen and oxygen atoms in total. The van der Waals surface area contributed by atoms with Gasteiger partial charge in [-0.1, -0.05) is 0 Å². The molecule has 15 atom stereocenters. The topological polar surface area (TPSA) is 237 Å². The van der Waals surface area contributed by atoms with E-state index < -0.39 is 105 Å². The van der Waals surface area contributed by atoms with Crippen LogP contribution in [0.3, 0.4) is 0 Å². The zero-order chi connectivity index (χ0) is 26.2. The summed E-state index contributed by atoms with van der Waals surface area (Å²) in [5.41, 5.74) is 0. The zero-order valence-electron chi connectivity index (χ0n) is 19.4. The monoisotopic (exact) mass is 513 g/mol. The molecule has 0 unspecified atom stereocenters. The van der Waals surface area contributed by atoms with E-state index in [1.165, 1.54) is 13.8 Å². The number of carbonyl (C=O) groups excluding carboxylic acids is 1. The Morgan fingerprint density at radius 3 is 1.86 bits per heavy atom. The van der Waals surface area contributed by atoms with E-state index in [1.54, 1.807) is 0 Å². The molecule has 3 rings (SSSR count). The van der Waals surface area contributed by atoms with Crippen molar-refractivity contribution >= 4 is 5.91 Å². The average molecular weight is 513 g/mol. The third-order valence-electron chi connectivity index (χ3n) is 6.42. The smallest absolute Gasteiger partial charge is 0.217 e. The van der Waals surface area contributed by atoms with Gasteiger partial charge in [0.1, 0.15) is 61.0 Å². The van der Waals surface area contributed by atoms with Crippen molar-refractivity contribution in [1.82, 2.24) is 5.32 Å². The van der Waals surface area contributed by atoms with Crippen molar-refractivity contribution in [3.05, 3.63) is 0 Å². The summed E-state index contributed by atoms with van der Waals surface area (Å²) in [5, 5.41) is 84.4. The van der Waals surface area contributed by atoms with E-state index in [-0.39, 0.29) is 0 Å². The summed E-state index contributed by atoms with van der Waals surface area (Å²) in [5.74, 6) is -0.598. The molecule has 3 saturated heterocycles. The number of nitrogens with one attached hydrogen (secondary N) is 1. The lowest BCUT2D eigenvalue weighted by atomic mass is 9.95. The number of hydrogen-bond donors (Lipinski definition) is 9. The van der Waals surface area contributed by atoms with Gasteiger partial charge in [-0.2, -0.15) is 0 Å². The molecule has 0 aromatic heterocycles. The number of hydrogen-bond acceptors (Lipinski definition) is 14. The van der Waals surface area contributed by atoms with Crippen molar-refractivity contribution < 1.29 is 69.3 Å². The number of aliphatic hydroxyl groups is 8. The first-order valence-corrected chi connectivity index (χ1v) is 11.3. The van der Waals surface area contributed by atoms with Gasteiger partial charge in [0.05, 0.1) is 18.8 Å². The summed E-state index contributed by atoms with van der Waals surface area (Å²) in [4.78, 5) is 11.6. The Morgan fingerprint density at radius 1 is 0.743 bits per heavy atom. The van der Waals surface area contributed by atoms with E-state index in [1.807, 2.05) is 0 Å². The second-order valence-electron chi connectivity index (χ2n) is 9.04. The van der Waals surface area contributed by atoms with Crippen LogP contribution in [0.25, 0.3) is 0 Å². The predicted molar refractivity (Wildman–Crippen MR) is 110 cm³/mol. The molecule has 15 heteroatoms. The van der Waals surface area contributed by atoms with E-state index in [0.717, 1.165) is 6.92 Å². The molecule has 0 saturated carbocycles. The quantitative estimate of drug-likeness (QED) is 0.161. The molecule has 0 aliphatic carbocycles. The second kappa shape index (κ2) is 11.6. The molecule has 0 spiro atoms. The van der Waals surface area contributed by atoms with Crippen molar-refractivity contribution in [2.75, 3.05) is 6.61 Å². The first-order valence-electron chi connectivity index (χ1n) is 11.3. The summed E-state index contributed by atoms with van der Waals surface area (Å²) in [6.07, 6.45) is -20.5. The van der Waals surface area contributed by atoms with Gasteiger partial charge in [-0.05, 0) is 13.8 Å². The van der Waals surface area contributed by atoms with Gasteiger partial charge in [-0.15, -0.1) is 0 Å². The molecule has 204 valence electrons. The van der Waals surface area contributed by atoms with E-state index in [9.17, 15) is 45.6 Å². The average Bonchev–Trinajstić information content (AvgIpc) is 2.80. The highest BCUT2D eigenvalue weighted by molar-refractivity contribution is 5.73. The Kier molecular flexibility index (Phi) is 9.42. The minimum atomic E-state index is -1.76. The summed E-state index contributed by atoms with van der Waals surface area (Å²) in [6, 6.07) is -1.34. The molecule has 3 heterocycles. The van der Waals surface area contributed by atoms with Gasteiger partial charge in [0.2, 0.25) is 5.91 Å². The fraction of sp³-hybridized carbons (Fsp3) is 0.950. The molecular weight excluding hydrogens is 478 g/mol. The van der Waals surface area contributed by atoms with Crippen molar-refractivity contribution in [1.29, 1.82) is 0 Å². The maximum atomic E-state index is 11.6. The second-order valence-corrected chi connectivity index (χ2v) is 9.04. The van der Waals surface area contributed by atoms with Crippen LogP contribution < -0.4 is 5.32 Å². The molecule has 0 aromatic carbocycles. The van der Waals surface area contributed by atoms with E-state index >= 15 is 0 Å². The van der Waals surface area contributed by atoms with Gasteiger partial charge in [0.25, 0.3) is 0 Å². The molecule has 3 fully saturated rings. The lowest BCUT2D eigenvalue weighted by Gasteiger charge is -2.48. The van der Waals surface area contributed by atoms with Crippen LogP contribution in [0.15, 0.2) is 0 Å². The van der Waals surface area contributed by atoms with Gasteiger partial charge in [0, 0.05) is 6.92 Å². The van der Waals surface area contributed by atoms with Crippen LogP contribution in [-0.2, 0) is 28.5 Å². The maximum Gasteiger partial charge on any atom is 0.217 e. The third kappa shape index (κ3) is 5.93. The van der Waals surface area contributed by atoms with Crippen LogP contribution in [0, 0.1) is 0 Å². The van der Waals surface area contributed by atoms with Crippen molar-refractivity contribution in [3.8, 4) is 0 Å². The molecule has 3 aliphatic rings. The lowest BCUT2D eigenvalue weighted by molar-refractivity contribution is -0.368. The molecular formula is C20H35NO14. The number of rotatable bonds is 6. The molecule has 9 N–H and O–H groups in total. The number of carbonyl (C=O) groups is 1. The van der Waals surface area contributed by atoms with Crippen LogP contribution >= 0.6 is 0 Å². The Balaban J connectivity index is 1.80. The number of aliphatic hydroxyl groups excluding tert-OH is 8. The Hall–Kier alpha value is -1.05. The van der Waals surface area contributed by atoms with E-state index in [0.29, 0.717) is 0 Å². The predicted octanol–water partition coefficient (Wildman–Crippen LogP) is -5.37. The first kappa shape index (κ1) is 28.5. The highest BCUT2D eigenvalue weighted by Crippen LogP contribution is 2.32. The molecule has 35 heavy (non-hydrogen) atoms. The highest BCUT2D eigenvalue weighted by Gasteiger charge is 2.52. The first-order chi connectivity index (χ1) is 16.4. The molecule has 1 amide bonds. The fourth-order valence-electron chi connectivity index (χ4n) is 4.34. The van der Waals surface area contributed by atoms with Crippen LogP contribution in [0.4, 0.5) is 0 Å². The van der Waals surface area contributed by atoms with E-state index in [2.05, 4.69) is 5.32 Å². The molecule has 0 radical (unpaired) electrons. The maximum absolute atomic E-state index is 11.6. The Labute approximate surface area is 200 Å². The highest BCUT2D eigenvalue weighted by atomic mass is 16.7. The van der Waals surface area contributed by atoms with Crippen LogP contribution in [0.5, 0.6) is 0 Å². The fourth-order valence-corrected chi connectivity index (χ4v) is 4.34. The van der Waals surface area contributed by atoms with E-state index in [4.69, 9.17) is 23.7 Å². The number of amides is 1. The minimum Gasteiger partial charge on any atom is -0.394 e. The Morgan fingerprint density at radius 2 is 1.29 bits per heavy atom. The summed E-state index contributed by atoms with van der Waals surface area (Å²) in [7, 11) is 0. The summed E-state index contributed by atoms with van der Waals surface area (Å²) in [6.45, 7) is 3.32. The number of ether oxygens (including phenoxy) is 5. The largest absolute Gasteiger partial charge is 0.394 e. The van der Waals surface area contributed by atoms with Gasteiger partial charge in [-0.3, -0.25) is 4.79 Å². The summed E-state index contributed by atoms with van der Waals surface area (Å²) >= 11 is 0. The van der Waals surface area contributed by atoms with Crippen LogP contribution in [0.2, 0.25) is 0 Å². The SMILES string of the molecule is CC(=O)N[C@H]1[C@@H](O[C@@H]2[C@@H](O)[C@H](C)O[C@@H](O[C@@H]3[C@@H](O)[C@H](C)O[C@@H](O)[C@@H]3O)[C@@H]2O)O[C@H](CO)[C@@H](O)[C@@H]1O. The zero-order valence-corrected chi connectivity index (χ0v) is 19.4. The normalized spacial score (nSPS) is 51.1. The van der Waals surface area contributed by atoms with Crippen molar-refractivity contribution in [2.45, 2.75) is 113 Å². The molecule has 0 aromatic rings. The molecule has 0 bridgehead atoms. The Bertz CT molecular complexity index is 701. The van der Waals surface area contributed by atoms with Crippen LogP contribution in [0.1, 0.15) is 20.8 Å². The van der Waals surface area contributed by atoms with Gasteiger partial charge in [-0.25, -0.2) is 0 Å². The van der Waals surface area contributed by atoms with Gasteiger partial charge < -0.3 is 69.9 Å². The van der Waals surface area contributed by atoms with Gasteiger partial charge >= 0.3 is 0 Å². The van der Waals surface area contributed by atoms with Crippen LogP contribution in [-0.4, -0.2) is 145 Å². The minimum absolute atomic E-state index is 0.598. The lowest BCUT2D eigenvalue weighted by Crippen LogP contribution is -2.68. The van der Waals surface area contributed by atoms with Gasteiger partial charge in [0.15, 0.2) is 18.9 Å².